The lowest BCUT2D eigenvalue weighted by Crippen LogP contribution is -2.20. The van der Waals surface area contributed by atoms with Gasteiger partial charge in [-0.3, -0.25) is 0 Å². The molecule has 0 saturated heterocycles. The van der Waals surface area contributed by atoms with E-state index in [1.165, 1.54) is 12.1 Å². The Morgan fingerprint density at radius 1 is 0.846 bits per heavy atom. The summed E-state index contributed by atoms with van der Waals surface area (Å²) in [4.78, 5) is 2.05. The van der Waals surface area contributed by atoms with Crippen molar-refractivity contribution < 1.29 is 13.2 Å². The zero-order valence-electron chi connectivity index (χ0n) is 14.1. The highest BCUT2D eigenvalue weighted by Crippen LogP contribution is 2.42. The Hall–Kier alpha value is -2.75. The van der Waals surface area contributed by atoms with Gasteiger partial charge in [0, 0.05) is 18.8 Å². The second-order valence-corrected chi connectivity index (χ2v) is 6.54. The van der Waals surface area contributed by atoms with Crippen molar-refractivity contribution in [3.63, 3.8) is 0 Å². The van der Waals surface area contributed by atoms with Gasteiger partial charge in [0.2, 0.25) is 0 Å². The fourth-order valence-electron chi connectivity index (χ4n) is 3.58. The molecule has 0 aromatic heterocycles. The van der Waals surface area contributed by atoms with E-state index in [-0.39, 0.29) is 0 Å². The average molecular weight is 353 g/mol. The van der Waals surface area contributed by atoms with Crippen LogP contribution in [0.25, 0.3) is 11.1 Å². The van der Waals surface area contributed by atoms with E-state index in [4.69, 9.17) is 0 Å². The predicted octanol–water partition coefficient (Wildman–Crippen LogP) is 5.94. The van der Waals surface area contributed by atoms with E-state index in [0.717, 1.165) is 29.7 Å². The van der Waals surface area contributed by atoms with E-state index >= 15 is 0 Å². The van der Waals surface area contributed by atoms with Gasteiger partial charge in [-0.2, -0.15) is 13.2 Å². The monoisotopic (exact) mass is 353 g/mol. The molecule has 1 nitrogen and oxygen atoms in total. The van der Waals surface area contributed by atoms with Crippen LogP contribution < -0.4 is 4.90 Å². The van der Waals surface area contributed by atoms with Crippen molar-refractivity contribution in [3.05, 3.63) is 89.5 Å². The van der Waals surface area contributed by atoms with Gasteiger partial charge in [0.25, 0.3) is 0 Å². The smallest absolute Gasteiger partial charge is 0.367 e. The highest BCUT2D eigenvalue weighted by atomic mass is 19.4. The van der Waals surface area contributed by atoms with Gasteiger partial charge in [-0.05, 0) is 40.8 Å². The maximum absolute atomic E-state index is 13.5. The van der Waals surface area contributed by atoms with E-state index < -0.39 is 11.7 Å². The molecular formula is C22H18F3N. The Morgan fingerprint density at radius 3 is 2.15 bits per heavy atom. The topological polar surface area (TPSA) is 3.24 Å². The van der Waals surface area contributed by atoms with E-state index in [2.05, 4.69) is 0 Å². The summed E-state index contributed by atoms with van der Waals surface area (Å²) >= 11 is 0. The molecule has 3 aromatic carbocycles. The highest BCUT2D eigenvalue weighted by Gasteiger charge is 2.34. The van der Waals surface area contributed by atoms with Crippen LogP contribution in [0.3, 0.4) is 0 Å². The Labute approximate surface area is 150 Å². The number of alkyl halides is 3. The summed E-state index contributed by atoms with van der Waals surface area (Å²) in [6, 6.07) is 21.8. The normalized spacial score (nSPS) is 13.7. The molecular weight excluding hydrogens is 335 g/mol. The Balaban J connectivity index is 1.81. The van der Waals surface area contributed by atoms with Crippen LogP contribution in [0.2, 0.25) is 0 Å². The Bertz CT molecular complexity index is 902. The minimum absolute atomic E-state index is 0.588. The molecule has 0 bridgehead atoms. The summed E-state index contributed by atoms with van der Waals surface area (Å²) in [6.45, 7) is 1.34. The SMILES string of the molecule is FC(F)(F)c1cc(-c2ccccc2)c2c(c1)N(Cc1ccccc1)CC2. The lowest BCUT2D eigenvalue weighted by atomic mass is 9.95. The second-order valence-electron chi connectivity index (χ2n) is 6.54. The van der Waals surface area contributed by atoms with Crippen LogP contribution in [0.15, 0.2) is 72.8 Å². The quantitative estimate of drug-likeness (QED) is 0.564. The number of benzene rings is 3. The summed E-state index contributed by atoms with van der Waals surface area (Å²) in [5.41, 5.74) is 3.72. The maximum Gasteiger partial charge on any atom is 0.416 e. The molecule has 132 valence electrons. The lowest BCUT2D eigenvalue weighted by molar-refractivity contribution is -0.137. The van der Waals surface area contributed by atoms with Crippen LogP contribution in [0.5, 0.6) is 0 Å². The maximum atomic E-state index is 13.5. The fourth-order valence-corrected chi connectivity index (χ4v) is 3.58. The fraction of sp³-hybridized carbons (Fsp3) is 0.182. The first kappa shape index (κ1) is 16.7. The third-order valence-electron chi connectivity index (χ3n) is 4.83. The first-order chi connectivity index (χ1) is 12.5. The molecule has 3 aromatic rings. The zero-order valence-corrected chi connectivity index (χ0v) is 14.1. The summed E-state index contributed by atoms with van der Waals surface area (Å²) in [7, 11) is 0. The van der Waals surface area contributed by atoms with Gasteiger partial charge in [0.1, 0.15) is 0 Å². The molecule has 0 unspecified atom stereocenters. The van der Waals surface area contributed by atoms with Crippen molar-refractivity contribution in [1.82, 2.24) is 0 Å². The molecule has 0 spiro atoms. The number of halogens is 3. The Morgan fingerprint density at radius 2 is 1.50 bits per heavy atom. The highest BCUT2D eigenvalue weighted by molar-refractivity contribution is 5.78. The van der Waals surface area contributed by atoms with Crippen molar-refractivity contribution in [2.75, 3.05) is 11.4 Å². The molecule has 0 radical (unpaired) electrons. The summed E-state index contributed by atoms with van der Waals surface area (Å²) in [5, 5.41) is 0. The van der Waals surface area contributed by atoms with E-state index in [1.54, 1.807) is 0 Å². The second kappa shape index (κ2) is 6.52. The minimum Gasteiger partial charge on any atom is -0.367 e. The van der Waals surface area contributed by atoms with Crippen LogP contribution in [0, 0.1) is 0 Å². The van der Waals surface area contributed by atoms with Gasteiger partial charge in [-0.25, -0.2) is 0 Å². The Kier molecular flexibility index (Phi) is 4.19. The van der Waals surface area contributed by atoms with Gasteiger partial charge in [0.05, 0.1) is 5.56 Å². The standard InChI is InChI=1S/C22H18F3N/c23-22(24,25)18-13-20(17-9-5-2-6-10-17)19-11-12-26(21(19)14-18)15-16-7-3-1-4-8-16/h1-10,13-14H,11-12,15H2. The van der Waals surface area contributed by atoms with Gasteiger partial charge >= 0.3 is 6.18 Å². The van der Waals surface area contributed by atoms with E-state index in [1.807, 2.05) is 65.6 Å². The molecule has 4 heteroatoms. The van der Waals surface area contributed by atoms with Crippen LogP contribution in [-0.2, 0) is 19.1 Å². The van der Waals surface area contributed by atoms with Crippen molar-refractivity contribution >= 4 is 5.69 Å². The molecule has 1 aliphatic heterocycles. The lowest BCUT2D eigenvalue weighted by Gasteiger charge is -2.22. The zero-order chi connectivity index (χ0) is 18.1. The van der Waals surface area contributed by atoms with Crippen molar-refractivity contribution in [3.8, 4) is 11.1 Å². The van der Waals surface area contributed by atoms with Crippen LogP contribution in [0.4, 0.5) is 18.9 Å². The molecule has 0 saturated carbocycles. The minimum atomic E-state index is -4.36. The molecule has 0 aliphatic carbocycles. The van der Waals surface area contributed by atoms with Crippen LogP contribution in [-0.4, -0.2) is 6.54 Å². The molecule has 0 fully saturated rings. The van der Waals surface area contributed by atoms with E-state index in [0.29, 0.717) is 17.8 Å². The molecule has 1 heterocycles. The number of anilines is 1. The number of rotatable bonds is 3. The average Bonchev–Trinajstić information content (AvgIpc) is 3.05. The molecule has 4 rings (SSSR count). The van der Waals surface area contributed by atoms with Gasteiger partial charge in [-0.15, -0.1) is 0 Å². The van der Waals surface area contributed by atoms with Crippen molar-refractivity contribution in [2.45, 2.75) is 19.1 Å². The summed E-state index contributed by atoms with van der Waals surface area (Å²) in [5.74, 6) is 0. The number of fused-ring (bicyclic) bond motifs is 1. The van der Waals surface area contributed by atoms with Gasteiger partial charge < -0.3 is 4.90 Å². The molecule has 0 amide bonds. The largest absolute Gasteiger partial charge is 0.416 e. The van der Waals surface area contributed by atoms with Gasteiger partial charge in [-0.1, -0.05) is 60.7 Å². The van der Waals surface area contributed by atoms with Gasteiger partial charge in [0.15, 0.2) is 0 Å². The van der Waals surface area contributed by atoms with Crippen molar-refractivity contribution in [1.29, 1.82) is 0 Å². The first-order valence-corrected chi connectivity index (χ1v) is 8.61. The third kappa shape index (κ3) is 3.19. The first-order valence-electron chi connectivity index (χ1n) is 8.61. The number of hydrogen-bond donors (Lipinski definition) is 0. The molecule has 0 atom stereocenters. The predicted molar refractivity (Wildman–Crippen MR) is 98.1 cm³/mol. The number of nitrogens with zero attached hydrogens (tertiary/aromatic N) is 1. The third-order valence-corrected chi connectivity index (χ3v) is 4.83. The van der Waals surface area contributed by atoms with Crippen molar-refractivity contribution in [2.24, 2.45) is 0 Å². The summed E-state index contributed by atoms with van der Waals surface area (Å²) < 4.78 is 40.5. The number of hydrogen-bond acceptors (Lipinski definition) is 1. The van der Waals surface area contributed by atoms with Crippen LogP contribution in [0.1, 0.15) is 16.7 Å². The van der Waals surface area contributed by atoms with Crippen LogP contribution >= 0.6 is 0 Å². The molecule has 26 heavy (non-hydrogen) atoms. The molecule has 0 N–H and O–H groups in total. The molecule has 1 aliphatic rings. The van der Waals surface area contributed by atoms with E-state index in [9.17, 15) is 13.2 Å². The summed E-state index contributed by atoms with van der Waals surface area (Å²) in [6.07, 6.45) is -3.61.